The van der Waals surface area contributed by atoms with Crippen molar-refractivity contribution in [1.82, 2.24) is 20.4 Å². The molecule has 0 saturated carbocycles. The minimum atomic E-state index is -4.76. The Hall–Kier alpha value is -4.77. The maximum Gasteiger partial charge on any atom is 0.416 e. The lowest BCUT2D eigenvalue weighted by atomic mass is 10.1. The van der Waals surface area contributed by atoms with Gasteiger partial charge in [-0.1, -0.05) is 36.3 Å². The Morgan fingerprint density at radius 3 is 2.48 bits per heavy atom. The van der Waals surface area contributed by atoms with Gasteiger partial charge in [0.15, 0.2) is 0 Å². The van der Waals surface area contributed by atoms with Crippen molar-refractivity contribution in [3.63, 3.8) is 0 Å². The van der Waals surface area contributed by atoms with Crippen molar-refractivity contribution in [2.45, 2.75) is 50.7 Å². The quantitative estimate of drug-likeness (QED) is 0.320. The third-order valence-electron chi connectivity index (χ3n) is 7.25. The molecule has 11 nitrogen and oxygen atoms in total. The molecule has 4 rings (SSSR count). The Morgan fingerprint density at radius 2 is 1.84 bits per heavy atom. The molecule has 44 heavy (non-hydrogen) atoms. The maximum atomic E-state index is 13.5. The highest BCUT2D eigenvalue weighted by Gasteiger charge is 2.40. The number of amides is 5. The topological polar surface area (TPSA) is 140 Å². The monoisotopic (exact) mass is 615 g/mol. The molecule has 2 fully saturated rings. The molecular formula is C30H32F3N5O6. The van der Waals surface area contributed by atoms with Gasteiger partial charge in [-0.05, 0) is 43.5 Å². The van der Waals surface area contributed by atoms with E-state index >= 15 is 0 Å². The van der Waals surface area contributed by atoms with Gasteiger partial charge < -0.3 is 35.6 Å². The van der Waals surface area contributed by atoms with Gasteiger partial charge in [-0.25, -0.2) is 9.59 Å². The second-order valence-electron chi connectivity index (χ2n) is 10.2. The zero-order valence-electron chi connectivity index (χ0n) is 23.8. The molecule has 2 saturated heterocycles. The summed E-state index contributed by atoms with van der Waals surface area (Å²) in [5.74, 6) is 3.49. The molecule has 0 aliphatic carbocycles. The zero-order valence-corrected chi connectivity index (χ0v) is 23.8. The van der Waals surface area contributed by atoms with E-state index in [0.29, 0.717) is 19.2 Å². The fourth-order valence-corrected chi connectivity index (χ4v) is 4.73. The molecule has 2 aromatic rings. The lowest BCUT2D eigenvalue weighted by molar-refractivity contribution is -0.137. The smallest absolute Gasteiger partial charge is 0.416 e. The van der Waals surface area contributed by atoms with Crippen LogP contribution < -0.4 is 16.0 Å². The Kier molecular flexibility index (Phi) is 10.3. The van der Waals surface area contributed by atoms with Crippen LogP contribution in [0.25, 0.3) is 0 Å². The van der Waals surface area contributed by atoms with Crippen molar-refractivity contribution < 1.29 is 42.2 Å². The van der Waals surface area contributed by atoms with Crippen LogP contribution in [0, 0.1) is 11.8 Å². The van der Waals surface area contributed by atoms with E-state index in [1.165, 1.54) is 16.7 Å². The number of nitrogens with zero attached hydrogens (tertiary/aromatic N) is 2. The predicted octanol–water partition coefficient (Wildman–Crippen LogP) is 2.95. The number of benzene rings is 2. The molecule has 14 heteroatoms. The Balaban J connectivity index is 1.44. The Bertz CT molecular complexity index is 1440. The summed E-state index contributed by atoms with van der Waals surface area (Å²) >= 11 is 0. The number of halogens is 3. The van der Waals surface area contributed by atoms with Crippen molar-refractivity contribution in [1.29, 1.82) is 0 Å². The second-order valence-corrected chi connectivity index (χ2v) is 10.2. The van der Waals surface area contributed by atoms with Crippen molar-refractivity contribution in [2.75, 3.05) is 31.5 Å². The molecule has 2 aliphatic rings. The summed E-state index contributed by atoms with van der Waals surface area (Å²) in [4.78, 5) is 54.0. The standard InChI is InChI=1S/C30H32F3N5O6/c1-2-7-25(39)24(17-34-29(43)44-18-19-8-4-3-5-9-19)38-15-12-23(27(38)41)35-26(40)21-16-20(30(31,32)33)10-11-22(21)36-28(42)37-13-6-14-37/h3-5,8-11,16,23-25,39H,6,12-15,17-18H2,1H3,(H,34,43)(H,35,40)(H,36,42)/t23?,24-,25-/m0/s1. The van der Waals surface area contributed by atoms with Gasteiger partial charge >= 0.3 is 18.3 Å². The second kappa shape index (κ2) is 14.1. The molecule has 0 aromatic heterocycles. The number of anilines is 1. The molecule has 2 aromatic carbocycles. The summed E-state index contributed by atoms with van der Waals surface area (Å²) < 4.78 is 45.6. The number of hydrogen-bond acceptors (Lipinski definition) is 6. The number of alkyl halides is 3. The molecule has 3 atom stereocenters. The van der Waals surface area contributed by atoms with E-state index in [-0.39, 0.29) is 31.8 Å². The van der Waals surface area contributed by atoms with Crippen LogP contribution in [-0.4, -0.2) is 83.2 Å². The number of urea groups is 1. The normalized spacial score (nSPS) is 17.5. The molecule has 0 radical (unpaired) electrons. The van der Waals surface area contributed by atoms with E-state index in [9.17, 15) is 37.5 Å². The minimum Gasteiger partial charge on any atom is -0.445 e. The predicted molar refractivity (Wildman–Crippen MR) is 152 cm³/mol. The van der Waals surface area contributed by atoms with Gasteiger partial charge in [0.1, 0.15) is 18.8 Å². The molecule has 5 amide bonds. The first-order valence-corrected chi connectivity index (χ1v) is 13.9. The van der Waals surface area contributed by atoms with Crippen LogP contribution in [-0.2, 0) is 22.3 Å². The number of nitrogens with one attached hydrogen (secondary N) is 3. The summed E-state index contributed by atoms with van der Waals surface area (Å²) in [5, 5.41) is 18.1. The van der Waals surface area contributed by atoms with E-state index in [2.05, 4.69) is 27.8 Å². The van der Waals surface area contributed by atoms with Crippen LogP contribution in [0.4, 0.5) is 28.4 Å². The summed E-state index contributed by atoms with van der Waals surface area (Å²) in [6.07, 6.45) is -6.05. The number of ether oxygens (including phenoxy) is 1. The average molecular weight is 616 g/mol. The van der Waals surface area contributed by atoms with Crippen molar-refractivity contribution in [2.24, 2.45) is 0 Å². The van der Waals surface area contributed by atoms with E-state index < -0.39 is 59.4 Å². The fraction of sp³-hybridized carbons (Fsp3) is 0.400. The molecule has 0 bridgehead atoms. The first kappa shape index (κ1) is 32.2. The Morgan fingerprint density at radius 1 is 1.11 bits per heavy atom. The Labute approximate surface area is 251 Å². The van der Waals surface area contributed by atoms with Gasteiger partial charge in [0.25, 0.3) is 5.91 Å². The van der Waals surface area contributed by atoms with Crippen LogP contribution in [0.3, 0.4) is 0 Å². The van der Waals surface area contributed by atoms with Crippen molar-refractivity contribution in [3.8, 4) is 11.8 Å². The summed E-state index contributed by atoms with van der Waals surface area (Å²) in [6, 6.07) is 8.59. The van der Waals surface area contributed by atoms with Crippen molar-refractivity contribution >= 4 is 29.6 Å². The highest BCUT2D eigenvalue weighted by molar-refractivity contribution is 6.05. The molecule has 2 aliphatic heterocycles. The van der Waals surface area contributed by atoms with E-state index in [1.807, 2.05) is 6.07 Å². The summed E-state index contributed by atoms with van der Waals surface area (Å²) in [5.41, 5.74) is -0.945. The van der Waals surface area contributed by atoms with Crippen LogP contribution >= 0.6 is 0 Å². The lowest BCUT2D eigenvalue weighted by Gasteiger charge is -2.31. The number of alkyl carbamates (subject to hydrolysis) is 1. The van der Waals surface area contributed by atoms with Crippen molar-refractivity contribution in [3.05, 3.63) is 65.2 Å². The van der Waals surface area contributed by atoms with E-state index in [0.717, 1.165) is 24.1 Å². The third-order valence-corrected chi connectivity index (χ3v) is 7.25. The largest absolute Gasteiger partial charge is 0.445 e. The number of aliphatic hydroxyl groups excluding tert-OH is 1. The van der Waals surface area contributed by atoms with Gasteiger partial charge in [-0.2, -0.15) is 13.2 Å². The highest BCUT2D eigenvalue weighted by atomic mass is 19.4. The molecule has 0 spiro atoms. The number of hydrogen-bond donors (Lipinski definition) is 4. The molecule has 234 valence electrons. The van der Waals surface area contributed by atoms with Gasteiger partial charge in [0.05, 0.1) is 22.9 Å². The molecule has 1 unspecified atom stereocenters. The molecular weight excluding hydrogens is 583 g/mol. The van der Waals surface area contributed by atoms with Crippen LogP contribution in [0.2, 0.25) is 0 Å². The molecule has 2 heterocycles. The fourth-order valence-electron chi connectivity index (χ4n) is 4.73. The molecule has 4 N–H and O–H groups in total. The van der Waals surface area contributed by atoms with Crippen LogP contribution in [0.1, 0.15) is 41.3 Å². The summed E-state index contributed by atoms with van der Waals surface area (Å²) in [6.45, 7) is 2.28. The zero-order chi connectivity index (χ0) is 31.9. The number of carbonyl (C=O) groups excluding carboxylic acids is 4. The first-order chi connectivity index (χ1) is 21.0. The number of rotatable bonds is 9. The van der Waals surface area contributed by atoms with Gasteiger partial charge in [-0.15, -0.1) is 5.92 Å². The van der Waals surface area contributed by atoms with E-state index in [1.54, 1.807) is 24.3 Å². The van der Waals surface area contributed by atoms with Crippen LogP contribution in [0.5, 0.6) is 0 Å². The lowest BCUT2D eigenvalue weighted by Crippen LogP contribution is -2.53. The number of likely N-dealkylation sites (tertiary alicyclic amines) is 2. The van der Waals surface area contributed by atoms with Gasteiger partial charge in [0, 0.05) is 26.2 Å². The third kappa shape index (κ3) is 7.99. The minimum absolute atomic E-state index is 0.00141. The van der Waals surface area contributed by atoms with Gasteiger partial charge in [0.2, 0.25) is 5.91 Å². The maximum absolute atomic E-state index is 13.5. The van der Waals surface area contributed by atoms with Gasteiger partial charge in [-0.3, -0.25) is 9.59 Å². The highest BCUT2D eigenvalue weighted by Crippen LogP contribution is 2.32. The summed E-state index contributed by atoms with van der Waals surface area (Å²) in [7, 11) is 0. The number of aliphatic hydroxyl groups is 1. The average Bonchev–Trinajstić information content (AvgIpc) is 3.30. The first-order valence-electron chi connectivity index (χ1n) is 13.9. The number of carbonyl (C=O) groups is 4. The SMILES string of the molecule is CC#C[C@H](O)[C@H](CNC(=O)OCc1ccccc1)N1CCC(NC(=O)c2cc(C(F)(F)F)ccc2NC(=O)N2CCC2)C1=O. The van der Waals surface area contributed by atoms with Crippen LogP contribution in [0.15, 0.2) is 48.5 Å². The van der Waals surface area contributed by atoms with E-state index in [4.69, 9.17) is 4.74 Å².